The van der Waals surface area contributed by atoms with Crippen LogP contribution < -0.4 is 10.1 Å². The summed E-state index contributed by atoms with van der Waals surface area (Å²) in [5.41, 5.74) is 2.62. The summed E-state index contributed by atoms with van der Waals surface area (Å²) in [5.74, 6) is 0.920. The van der Waals surface area contributed by atoms with Crippen LogP contribution in [0, 0.1) is 0 Å². The number of rotatable bonds is 8. The quantitative estimate of drug-likeness (QED) is 0.653. The predicted molar refractivity (Wildman–Crippen MR) is 112 cm³/mol. The number of carbonyl (C=O) groups excluding carboxylic acids is 1. The number of hydrogen-bond acceptors (Lipinski definition) is 4. The van der Waals surface area contributed by atoms with Gasteiger partial charge in [0.05, 0.1) is 6.61 Å². The van der Waals surface area contributed by atoms with E-state index in [9.17, 15) is 4.79 Å². The van der Waals surface area contributed by atoms with Crippen LogP contribution in [0.4, 0.5) is 0 Å². The van der Waals surface area contributed by atoms with Gasteiger partial charge in [-0.05, 0) is 62.3 Å². The van der Waals surface area contributed by atoms with Crippen molar-refractivity contribution in [3.8, 4) is 5.75 Å². The molecule has 1 N–H and O–H groups in total. The second-order valence-corrected chi connectivity index (χ2v) is 7.53. The first-order valence-electron chi connectivity index (χ1n) is 10.3. The van der Waals surface area contributed by atoms with Crippen molar-refractivity contribution in [3.05, 3.63) is 65.7 Å². The van der Waals surface area contributed by atoms with E-state index in [-0.39, 0.29) is 12.6 Å². The Labute approximate surface area is 168 Å². The molecular weight excluding hydrogens is 350 g/mol. The first kappa shape index (κ1) is 20.4. The molecule has 0 saturated heterocycles. The highest BCUT2D eigenvalue weighted by molar-refractivity contribution is 5.71. The Balaban J connectivity index is 1.58. The minimum absolute atomic E-state index is 0.0409. The van der Waals surface area contributed by atoms with Crippen LogP contribution in [0.15, 0.2) is 54.6 Å². The van der Waals surface area contributed by atoms with Crippen molar-refractivity contribution >= 4 is 5.97 Å². The molecule has 2 aromatic rings. The topological polar surface area (TPSA) is 47.6 Å². The van der Waals surface area contributed by atoms with Gasteiger partial charge in [-0.1, -0.05) is 48.9 Å². The summed E-state index contributed by atoms with van der Waals surface area (Å²) < 4.78 is 10.5. The van der Waals surface area contributed by atoms with E-state index < -0.39 is 0 Å². The van der Waals surface area contributed by atoms with Gasteiger partial charge in [0.2, 0.25) is 0 Å². The molecule has 4 heteroatoms. The van der Waals surface area contributed by atoms with Crippen molar-refractivity contribution in [2.24, 2.45) is 0 Å². The maximum absolute atomic E-state index is 11.5. The lowest BCUT2D eigenvalue weighted by atomic mass is 9.81. The van der Waals surface area contributed by atoms with Gasteiger partial charge in [0, 0.05) is 12.1 Å². The molecule has 4 nitrogen and oxygen atoms in total. The zero-order valence-corrected chi connectivity index (χ0v) is 16.9. The summed E-state index contributed by atoms with van der Waals surface area (Å²) in [6.07, 6.45) is 4.75. The maximum atomic E-state index is 11.5. The van der Waals surface area contributed by atoms with Gasteiger partial charge < -0.3 is 14.8 Å². The van der Waals surface area contributed by atoms with Gasteiger partial charge in [-0.25, -0.2) is 4.79 Å². The Morgan fingerprint density at radius 1 is 1.14 bits per heavy atom. The molecule has 3 atom stereocenters. The monoisotopic (exact) mass is 381 g/mol. The van der Waals surface area contributed by atoms with Crippen LogP contribution in [-0.2, 0) is 9.53 Å². The molecule has 3 rings (SSSR count). The highest BCUT2D eigenvalue weighted by Crippen LogP contribution is 2.35. The number of esters is 1. The van der Waals surface area contributed by atoms with Gasteiger partial charge in [0.25, 0.3) is 0 Å². The Morgan fingerprint density at radius 3 is 2.75 bits per heavy atom. The lowest BCUT2D eigenvalue weighted by Crippen LogP contribution is -2.35. The normalized spacial score (nSPS) is 20.4. The number of benzene rings is 2. The fourth-order valence-corrected chi connectivity index (χ4v) is 4.04. The van der Waals surface area contributed by atoms with Crippen LogP contribution in [0.25, 0.3) is 0 Å². The minimum atomic E-state index is -0.329. The average molecular weight is 382 g/mol. The largest absolute Gasteiger partial charge is 0.482 e. The highest BCUT2D eigenvalue weighted by Gasteiger charge is 2.24. The maximum Gasteiger partial charge on any atom is 0.344 e. The number of ether oxygens (including phenoxy) is 2. The van der Waals surface area contributed by atoms with Crippen LogP contribution in [0.2, 0.25) is 0 Å². The fourth-order valence-electron chi connectivity index (χ4n) is 4.04. The van der Waals surface area contributed by atoms with E-state index in [0.717, 1.165) is 12.2 Å². The summed E-state index contributed by atoms with van der Waals surface area (Å²) in [6.45, 7) is 4.37. The van der Waals surface area contributed by atoms with Crippen LogP contribution >= 0.6 is 0 Å². The van der Waals surface area contributed by atoms with E-state index in [1.54, 1.807) is 6.92 Å². The Bertz CT molecular complexity index is 747. The lowest BCUT2D eigenvalue weighted by molar-refractivity contribution is -0.145. The van der Waals surface area contributed by atoms with Crippen LogP contribution in [0.5, 0.6) is 5.75 Å². The molecule has 0 spiro atoms. The van der Waals surface area contributed by atoms with Gasteiger partial charge >= 0.3 is 5.97 Å². The van der Waals surface area contributed by atoms with Crippen molar-refractivity contribution < 1.29 is 14.3 Å². The van der Waals surface area contributed by atoms with E-state index in [2.05, 4.69) is 54.7 Å². The van der Waals surface area contributed by atoms with E-state index in [1.807, 2.05) is 12.1 Å². The van der Waals surface area contributed by atoms with Crippen molar-refractivity contribution in [2.75, 3.05) is 13.2 Å². The van der Waals surface area contributed by atoms with E-state index in [0.29, 0.717) is 24.6 Å². The van der Waals surface area contributed by atoms with Gasteiger partial charge in [-0.3, -0.25) is 0 Å². The summed E-state index contributed by atoms with van der Waals surface area (Å²) >= 11 is 0. The molecule has 1 fully saturated rings. The smallest absolute Gasteiger partial charge is 0.344 e. The third kappa shape index (κ3) is 5.83. The fraction of sp³-hybridized carbons (Fsp3) is 0.458. The summed E-state index contributed by atoms with van der Waals surface area (Å²) in [5, 5.41) is 3.81. The Hall–Kier alpha value is -2.33. The second kappa shape index (κ2) is 10.3. The molecule has 0 radical (unpaired) electrons. The standard InChI is InChI=1S/C24H31NO3/c1-3-27-24(26)17-28-23-14-8-12-21(16-23)20-11-7-13-22(15-20)25-18(2)19-9-5-4-6-10-19/h4-6,8-10,12,14,16,18,20,22,25H,3,7,11,13,15,17H2,1-2H3/t18-,20-,22-/m1/s1. The molecule has 1 aliphatic rings. The zero-order valence-electron chi connectivity index (χ0n) is 16.9. The Morgan fingerprint density at radius 2 is 1.96 bits per heavy atom. The molecule has 0 amide bonds. The van der Waals surface area contributed by atoms with E-state index >= 15 is 0 Å². The SMILES string of the molecule is CCOC(=O)COc1cccc([C@@H]2CCC[C@@H](N[C@H](C)c3ccccc3)C2)c1. The molecule has 0 bridgehead atoms. The molecule has 0 aromatic heterocycles. The lowest BCUT2D eigenvalue weighted by Gasteiger charge is -2.32. The first-order chi connectivity index (χ1) is 13.7. The molecule has 28 heavy (non-hydrogen) atoms. The van der Waals surface area contributed by atoms with Crippen molar-refractivity contribution in [3.63, 3.8) is 0 Å². The third-order valence-electron chi connectivity index (χ3n) is 5.45. The second-order valence-electron chi connectivity index (χ2n) is 7.53. The first-order valence-corrected chi connectivity index (χ1v) is 10.3. The van der Waals surface area contributed by atoms with Crippen LogP contribution in [0.1, 0.15) is 62.6 Å². The molecular formula is C24H31NO3. The molecule has 1 aliphatic carbocycles. The Kier molecular flexibility index (Phi) is 7.49. The number of hydrogen-bond donors (Lipinski definition) is 1. The summed E-state index contributed by atoms with van der Waals surface area (Å²) in [7, 11) is 0. The van der Waals surface area contributed by atoms with Crippen molar-refractivity contribution in [2.45, 2.75) is 57.5 Å². The van der Waals surface area contributed by atoms with Gasteiger partial charge in [0.1, 0.15) is 5.75 Å². The van der Waals surface area contributed by atoms with Gasteiger partial charge in [-0.15, -0.1) is 0 Å². The molecule has 2 aromatic carbocycles. The minimum Gasteiger partial charge on any atom is -0.482 e. The molecule has 0 aliphatic heterocycles. The summed E-state index contributed by atoms with van der Waals surface area (Å²) in [4.78, 5) is 11.5. The highest BCUT2D eigenvalue weighted by atomic mass is 16.6. The van der Waals surface area contributed by atoms with E-state index in [1.165, 1.54) is 30.4 Å². The van der Waals surface area contributed by atoms with Crippen molar-refractivity contribution in [1.29, 1.82) is 0 Å². The summed E-state index contributed by atoms with van der Waals surface area (Å²) in [6, 6.07) is 19.6. The van der Waals surface area contributed by atoms with Crippen LogP contribution in [0.3, 0.4) is 0 Å². The van der Waals surface area contributed by atoms with E-state index in [4.69, 9.17) is 9.47 Å². The molecule has 150 valence electrons. The molecule has 0 unspecified atom stereocenters. The van der Waals surface area contributed by atoms with Crippen LogP contribution in [-0.4, -0.2) is 25.2 Å². The predicted octanol–water partition coefficient (Wildman–Crippen LogP) is 5.01. The van der Waals surface area contributed by atoms with Gasteiger partial charge in [0.15, 0.2) is 6.61 Å². The van der Waals surface area contributed by atoms with Crippen molar-refractivity contribution in [1.82, 2.24) is 5.32 Å². The average Bonchev–Trinajstić information content (AvgIpc) is 2.73. The van der Waals surface area contributed by atoms with Gasteiger partial charge in [-0.2, -0.15) is 0 Å². The number of carbonyl (C=O) groups is 1. The molecule has 1 saturated carbocycles. The third-order valence-corrected chi connectivity index (χ3v) is 5.45. The molecule has 0 heterocycles. The number of nitrogens with one attached hydrogen (secondary N) is 1. The zero-order chi connectivity index (χ0) is 19.8.